The molecule has 3 rings (SSSR count). The van der Waals surface area contributed by atoms with E-state index >= 15 is 0 Å². The topological polar surface area (TPSA) is 26.3 Å². The van der Waals surface area contributed by atoms with E-state index in [2.05, 4.69) is 0 Å². The molecule has 0 atom stereocenters. The number of hydrogen-bond donors (Lipinski definition) is 0. The minimum Gasteiger partial charge on any atom is -0.457 e. The van der Waals surface area contributed by atoms with Gasteiger partial charge in [0.25, 0.3) is 0 Å². The van der Waals surface area contributed by atoms with Crippen molar-refractivity contribution in [2.45, 2.75) is 6.61 Å². The molecule has 0 aliphatic heterocycles. The van der Waals surface area contributed by atoms with Gasteiger partial charge in [-0.05, 0) is 23.3 Å². The molecule has 0 aliphatic rings. The van der Waals surface area contributed by atoms with Crippen molar-refractivity contribution in [3.63, 3.8) is 0 Å². The van der Waals surface area contributed by atoms with E-state index in [0.29, 0.717) is 10.6 Å². The molecular formula is C20H15ClO2. The maximum atomic E-state index is 12.1. The van der Waals surface area contributed by atoms with Gasteiger partial charge in [-0.1, -0.05) is 78.3 Å². The molecule has 0 bridgehead atoms. The Morgan fingerprint density at radius 3 is 2.17 bits per heavy atom. The first-order valence-electron chi connectivity index (χ1n) is 7.30. The third-order valence-electron chi connectivity index (χ3n) is 3.50. The predicted molar refractivity (Wildman–Crippen MR) is 92.4 cm³/mol. The van der Waals surface area contributed by atoms with E-state index in [0.717, 1.165) is 16.7 Å². The normalized spacial score (nSPS) is 10.3. The van der Waals surface area contributed by atoms with Gasteiger partial charge in [-0.15, -0.1) is 0 Å². The summed E-state index contributed by atoms with van der Waals surface area (Å²) in [5.41, 5.74) is 3.31. The van der Waals surface area contributed by atoms with E-state index < -0.39 is 0 Å². The van der Waals surface area contributed by atoms with Gasteiger partial charge in [0.05, 0.1) is 5.56 Å². The van der Waals surface area contributed by atoms with Crippen LogP contribution >= 0.6 is 11.6 Å². The lowest BCUT2D eigenvalue weighted by atomic mass is 10.0. The Morgan fingerprint density at radius 1 is 0.870 bits per heavy atom. The molecule has 0 heterocycles. The number of benzene rings is 3. The minimum absolute atomic E-state index is 0.248. The van der Waals surface area contributed by atoms with Gasteiger partial charge in [0.1, 0.15) is 6.61 Å². The molecule has 0 aromatic heterocycles. The van der Waals surface area contributed by atoms with Crippen molar-refractivity contribution < 1.29 is 9.53 Å². The molecule has 0 fully saturated rings. The average Bonchev–Trinajstić information content (AvgIpc) is 2.61. The first-order valence-corrected chi connectivity index (χ1v) is 7.68. The molecule has 3 aromatic rings. The SMILES string of the molecule is O=C(OCc1ccccc1)c1ccc(-c2ccccc2)c(Cl)c1. The van der Waals surface area contributed by atoms with E-state index in [1.807, 2.05) is 66.7 Å². The lowest BCUT2D eigenvalue weighted by Crippen LogP contribution is -2.05. The predicted octanol–water partition coefficient (Wildman–Crippen LogP) is 5.36. The number of carbonyl (C=O) groups excluding carboxylic acids is 1. The lowest BCUT2D eigenvalue weighted by molar-refractivity contribution is 0.0473. The largest absolute Gasteiger partial charge is 0.457 e. The van der Waals surface area contributed by atoms with Crippen LogP contribution in [-0.2, 0) is 11.3 Å². The molecule has 0 saturated heterocycles. The monoisotopic (exact) mass is 322 g/mol. The molecule has 2 nitrogen and oxygen atoms in total. The molecule has 0 aliphatic carbocycles. The van der Waals surface area contributed by atoms with Crippen LogP contribution in [0.3, 0.4) is 0 Å². The van der Waals surface area contributed by atoms with Crippen LogP contribution in [0.4, 0.5) is 0 Å². The molecule has 0 radical (unpaired) electrons. The number of ether oxygens (including phenoxy) is 1. The van der Waals surface area contributed by atoms with Gasteiger partial charge >= 0.3 is 5.97 Å². The van der Waals surface area contributed by atoms with Crippen LogP contribution < -0.4 is 0 Å². The summed E-state index contributed by atoms with van der Waals surface area (Å²) in [6.07, 6.45) is 0. The highest BCUT2D eigenvalue weighted by Crippen LogP contribution is 2.28. The third-order valence-corrected chi connectivity index (χ3v) is 3.82. The standard InChI is InChI=1S/C20H15ClO2/c21-19-13-17(11-12-18(19)16-9-5-2-6-10-16)20(22)23-14-15-7-3-1-4-8-15/h1-13H,14H2. The fourth-order valence-electron chi connectivity index (χ4n) is 2.30. The van der Waals surface area contributed by atoms with Gasteiger partial charge < -0.3 is 4.74 Å². The van der Waals surface area contributed by atoms with Crippen LogP contribution in [0.5, 0.6) is 0 Å². The number of halogens is 1. The molecule has 0 N–H and O–H groups in total. The molecule has 114 valence electrons. The zero-order valence-corrected chi connectivity index (χ0v) is 13.2. The smallest absolute Gasteiger partial charge is 0.338 e. The summed E-state index contributed by atoms with van der Waals surface area (Å²) in [7, 11) is 0. The van der Waals surface area contributed by atoms with Gasteiger partial charge in [-0.3, -0.25) is 0 Å². The van der Waals surface area contributed by atoms with E-state index in [-0.39, 0.29) is 12.6 Å². The second kappa shape index (κ2) is 7.12. The molecule has 3 aromatic carbocycles. The van der Waals surface area contributed by atoms with E-state index in [4.69, 9.17) is 16.3 Å². The summed E-state index contributed by atoms with van der Waals surface area (Å²) >= 11 is 6.32. The maximum absolute atomic E-state index is 12.1. The number of esters is 1. The number of carbonyl (C=O) groups is 1. The van der Waals surface area contributed by atoms with Crippen molar-refractivity contribution in [2.75, 3.05) is 0 Å². The molecule has 0 spiro atoms. The minimum atomic E-state index is -0.379. The number of rotatable bonds is 4. The van der Waals surface area contributed by atoms with Gasteiger partial charge in [-0.25, -0.2) is 4.79 Å². The Balaban J connectivity index is 1.73. The third kappa shape index (κ3) is 3.79. The van der Waals surface area contributed by atoms with Crippen LogP contribution in [0.25, 0.3) is 11.1 Å². The molecule has 0 unspecified atom stereocenters. The quantitative estimate of drug-likeness (QED) is 0.604. The summed E-state index contributed by atoms with van der Waals surface area (Å²) in [6, 6.07) is 24.6. The van der Waals surface area contributed by atoms with E-state index in [9.17, 15) is 4.79 Å². The molecule has 3 heteroatoms. The summed E-state index contributed by atoms with van der Waals surface area (Å²) in [4.78, 5) is 12.1. The molecule has 0 amide bonds. The molecule has 23 heavy (non-hydrogen) atoms. The Hall–Kier alpha value is -2.58. The van der Waals surface area contributed by atoms with Crippen molar-refractivity contribution in [3.8, 4) is 11.1 Å². The number of hydrogen-bond acceptors (Lipinski definition) is 2. The Morgan fingerprint density at radius 2 is 1.52 bits per heavy atom. The summed E-state index contributed by atoms with van der Waals surface area (Å²) < 4.78 is 5.32. The zero-order chi connectivity index (χ0) is 16.1. The van der Waals surface area contributed by atoms with Crippen molar-refractivity contribution in [2.24, 2.45) is 0 Å². The Labute approximate surface area is 140 Å². The van der Waals surface area contributed by atoms with Gasteiger partial charge in [0.15, 0.2) is 0 Å². The second-order valence-electron chi connectivity index (χ2n) is 5.12. The van der Waals surface area contributed by atoms with E-state index in [1.165, 1.54) is 0 Å². The first kappa shape index (κ1) is 15.3. The highest BCUT2D eigenvalue weighted by atomic mass is 35.5. The highest BCUT2D eigenvalue weighted by molar-refractivity contribution is 6.33. The molecular weight excluding hydrogens is 308 g/mol. The highest BCUT2D eigenvalue weighted by Gasteiger charge is 2.11. The van der Waals surface area contributed by atoms with E-state index in [1.54, 1.807) is 12.1 Å². The summed E-state index contributed by atoms with van der Waals surface area (Å²) in [5, 5.41) is 0.533. The fraction of sp³-hybridized carbons (Fsp3) is 0.0500. The van der Waals surface area contributed by atoms with Gasteiger partial charge in [0, 0.05) is 10.6 Å². The van der Waals surface area contributed by atoms with Crippen LogP contribution in [-0.4, -0.2) is 5.97 Å². The summed E-state index contributed by atoms with van der Waals surface area (Å²) in [5.74, 6) is -0.379. The second-order valence-corrected chi connectivity index (χ2v) is 5.53. The van der Waals surface area contributed by atoms with Crippen LogP contribution in [0.1, 0.15) is 15.9 Å². The van der Waals surface area contributed by atoms with Crippen molar-refractivity contribution in [1.29, 1.82) is 0 Å². The molecule has 0 saturated carbocycles. The van der Waals surface area contributed by atoms with Crippen molar-refractivity contribution in [1.82, 2.24) is 0 Å². The van der Waals surface area contributed by atoms with Crippen molar-refractivity contribution >= 4 is 17.6 Å². The van der Waals surface area contributed by atoms with Gasteiger partial charge in [0.2, 0.25) is 0 Å². The Kier molecular flexibility index (Phi) is 4.74. The first-order chi connectivity index (χ1) is 11.2. The van der Waals surface area contributed by atoms with Crippen molar-refractivity contribution in [3.05, 3.63) is 95.0 Å². The maximum Gasteiger partial charge on any atom is 0.338 e. The zero-order valence-electron chi connectivity index (χ0n) is 12.4. The van der Waals surface area contributed by atoms with Crippen LogP contribution in [0, 0.1) is 0 Å². The lowest BCUT2D eigenvalue weighted by Gasteiger charge is -2.08. The van der Waals surface area contributed by atoms with Crippen LogP contribution in [0.15, 0.2) is 78.9 Å². The average molecular weight is 323 g/mol. The van der Waals surface area contributed by atoms with Crippen LogP contribution in [0.2, 0.25) is 5.02 Å². The Bertz CT molecular complexity index is 798. The summed E-state index contributed by atoms with van der Waals surface area (Å²) in [6.45, 7) is 0.248. The fourth-order valence-corrected chi connectivity index (χ4v) is 2.59. The van der Waals surface area contributed by atoms with Gasteiger partial charge in [-0.2, -0.15) is 0 Å².